The Labute approximate surface area is 117 Å². The van der Waals surface area contributed by atoms with Crippen molar-refractivity contribution >= 4 is 22.5 Å². The summed E-state index contributed by atoms with van der Waals surface area (Å²) in [6.07, 6.45) is 1.05. The Hall–Kier alpha value is -2.49. The predicted octanol–water partition coefficient (Wildman–Crippen LogP) is 3.90. The SMILES string of the molecule is CCCNc1ccc(N)cc1-c1nc2ccccc2o1. The smallest absolute Gasteiger partial charge is 0.229 e. The molecule has 102 valence electrons. The van der Waals surface area contributed by atoms with Crippen LogP contribution in [-0.4, -0.2) is 11.5 Å². The number of benzene rings is 2. The molecule has 0 aliphatic rings. The Balaban J connectivity index is 2.09. The summed E-state index contributed by atoms with van der Waals surface area (Å²) < 4.78 is 5.82. The maximum Gasteiger partial charge on any atom is 0.229 e. The van der Waals surface area contributed by atoms with Gasteiger partial charge in [0.2, 0.25) is 5.89 Å². The standard InChI is InChI=1S/C16H17N3O/c1-2-9-18-13-8-7-11(17)10-12(13)16-19-14-5-3-4-6-15(14)20-16/h3-8,10,18H,2,9,17H2,1H3. The van der Waals surface area contributed by atoms with Crippen LogP contribution in [0.3, 0.4) is 0 Å². The van der Waals surface area contributed by atoms with Gasteiger partial charge in [0.05, 0.1) is 5.56 Å². The lowest BCUT2D eigenvalue weighted by Crippen LogP contribution is -2.02. The van der Waals surface area contributed by atoms with Crippen LogP contribution in [0.4, 0.5) is 11.4 Å². The first-order valence-electron chi connectivity index (χ1n) is 6.77. The molecule has 3 aromatic rings. The van der Waals surface area contributed by atoms with Crippen LogP contribution in [-0.2, 0) is 0 Å². The van der Waals surface area contributed by atoms with Crippen molar-refractivity contribution in [2.24, 2.45) is 0 Å². The van der Waals surface area contributed by atoms with E-state index in [1.165, 1.54) is 0 Å². The maximum absolute atomic E-state index is 5.89. The minimum atomic E-state index is 0.595. The van der Waals surface area contributed by atoms with E-state index >= 15 is 0 Å². The Morgan fingerprint density at radius 1 is 1.20 bits per heavy atom. The number of nitrogens with two attached hydrogens (primary N) is 1. The summed E-state index contributed by atoms with van der Waals surface area (Å²) in [4.78, 5) is 4.53. The van der Waals surface area contributed by atoms with Crippen molar-refractivity contribution in [1.82, 2.24) is 4.98 Å². The van der Waals surface area contributed by atoms with E-state index in [1.807, 2.05) is 42.5 Å². The fourth-order valence-corrected chi connectivity index (χ4v) is 2.14. The Bertz CT molecular complexity index is 700. The van der Waals surface area contributed by atoms with E-state index in [0.717, 1.165) is 35.3 Å². The van der Waals surface area contributed by atoms with E-state index < -0.39 is 0 Å². The van der Waals surface area contributed by atoms with Crippen molar-refractivity contribution in [3.8, 4) is 11.5 Å². The van der Waals surface area contributed by atoms with Crippen LogP contribution in [0.25, 0.3) is 22.6 Å². The van der Waals surface area contributed by atoms with Crippen molar-refractivity contribution in [3.05, 3.63) is 42.5 Å². The highest BCUT2D eigenvalue weighted by Gasteiger charge is 2.12. The van der Waals surface area contributed by atoms with Gasteiger partial charge in [-0.05, 0) is 36.8 Å². The number of hydrogen-bond donors (Lipinski definition) is 2. The van der Waals surface area contributed by atoms with E-state index in [9.17, 15) is 0 Å². The average Bonchev–Trinajstić information content (AvgIpc) is 2.89. The first kappa shape index (κ1) is 12.5. The summed E-state index contributed by atoms with van der Waals surface area (Å²) in [7, 11) is 0. The zero-order valence-electron chi connectivity index (χ0n) is 11.4. The molecule has 0 amide bonds. The number of nitrogen functional groups attached to an aromatic ring is 1. The average molecular weight is 267 g/mol. The van der Waals surface area contributed by atoms with Gasteiger partial charge >= 0.3 is 0 Å². The lowest BCUT2D eigenvalue weighted by atomic mass is 10.1. The first-order chi connectivity index (χ1) is 9.78. The molecule has 0 spiro atoms. The first-order valence-corrected chi connectivity index (χ1v) is 6.77. The number of nitrogens with one attached hydrogen (secondary N) is 1. The fraction of sp³-hybridized carbons (Fsp3) is 0.188. The topological polar surface area (TPSA) is 64.1 Å². The fourth-order valence-electron chi connectivity index (χ4n) is 2.14. The highest BCUT2D eigenvalue weighted by atomic mass is 16.3. The molecule has 0 aliphatic heterocycles. The summed E-state index contributed by atoms with van der Waals surface area (Å²) >= 11 is 0. The molecule has 0 fully saturated rings. The van der Waals surface area contributed by atoms with Crippen molar-refractivity contribution in [3.63, 3.8) is 0 Å². The molecule has 4 heteroatoms. The van der Waals surface area contributed by atoms with Gasteiger partial charge in [-0.3, -0.25) is 0 Å². The van der Waals surface area contributed by atoms with Gasteiger partial charge < -0.3 is 15.5 Å². The summed E-state index contributed by atoms with van der Waals surface area (Å²) in [5.41, 5.74) is 10.1. The molecule has 3 N–H and O–H groups in total. The van der Waals surface area contributed by atoms with Crippen LogP contribution in [0.2, 0.25) is 0 Å². The summed E-state index contributed by atoms with van der Waals surface area (Å²) in [5, 5.41) is 3.38. The Morgan fingerprint density at radius 3 is 2.85 bits per heavy atom. The zero-order valence-corrected chi connectivity index (χ0v) is 11.4. The van der Waals surface area contributed by atoms with Crippen LogP contribution in [0.15, 0.2) is 46.9 Å². The summed E-state index contributed by atoms with van der Waals surface area (Å²) in [6.45, 7) is 3.03. The van der Waals surface area contributed by atoms with Crippen molar-refractivity contribution < 1.29 is 4.42 Å². The van der Waals surface area contributed by atoms with Gasteiger partial charge in [-0.15, -0.1) is 0 Å². The lowest BCUT2D eigenvalue weighted by molar-refractivity contribution is 0.620. The second kappa shape index (κ2) is 5.25. The lowest BCUT2D eigenvalue weighted by Gasteiger charge is -2.09. The quantitative estimate of drug-likeness (QED) is 0.704. The molecule has 0 saturated heterocycles. The largest absolute Gasteiger partial charge is 0.436 e. The van der Waals surface area contributed by atoms with Gasteiger partial charge in [-0.2, -0.15) is 0 Å². The third kappa shape index (κ3) is 2.32. The van der Waals surface area contributed by atoms with E-state index in [-0.39, 0.29) is 0 Å². The molecule has 0 unspecified atom stereocenters. The van der Waals surface area contributed by atoms with Crippen molar-refractivity contribution in [2.45, 2.75) is 13.3 Å². The number of rotatable bonds is 4. The van der Waals surface area contributed by atoms with Gasteiger partial charge in [0, 0.05) is 17.9 Å². The van der Waals surface area contributed by atoms with Gasteiger partial charge in [0.15, 0.2) is 5.58 Å². The molecule has 0 aliphatic carbocycles. The number of fused-ring (bicyclic) bond motifs is 1. The zero-order chi connectivity index (χ0) is 13.9. The van der Waals surface area contributed by atoms with E-state index in [1.54, 1.807) is 0 Å². The Morgan fingerprint density at radius 2 is 2.05 bits per heavy atom. The van der Waals surface area contributed by atoms with E-state index in [0.29, 0.717) is 11.6 Å². The third-order valence-electron chi connectivity index (χ3n) is 3.13. The molecule has 4 nitrogen and oxygen atoms in total. The van der Waals surface area contributed by atoms with Crippen LogP contribution in [0.1, 0.15) is 13.3 Å². The van der Waals surface area contributed by atoms with Gasteiger partial charge in [0.1, 0.15) is 5.52 Å². The molecule has 0 radical (unpaired) electrons. The molecule has 1 aromatic heterocycles. The van der Waals surface area contributed by atoms with Crippen molar-refractivity contribution in [1.29, 1.82) is 0 Å². The normalized spacial score (nSPS) is 10.8. The predicted molar refractivity (Wildman–Crippen MR) is 82.6 cm³/mol. The number of nitrogens with zero attached hydrogens (tertiary/aromatic N) is 1. The minimum Gasteiger partial charge on any atom is -0.436 e. The highest BCUT2D eigenvalue weighted by Crippen LogP contribution is 2.31. The summed E-state index contributed by atoms with van der Waals surface area (Å²) in [6, 6.07) is 13.5. The number of aromatic nitrogens is 1. The third-order valence-corrected chi connectivity index (χ3v) is 3.13. The molecule has 1 heterocycles. The Kier molecular flexibility index (Phi) is 3.29. The van der Waals surface area contributed by atoms with Crippen LogP contribution in [0.5, 0.6) is 0 Å². The van der Waals surface area contributed by atoms with E-state index in [2.05, 4.69) is 17.2 Å². The molecule has 0 bridgehead atoms. The van der Waals surface area contributed by atoms with Crippen LogP contribution >= 0.6 is 0 Å². The molecule has 3 rings (SSSR count). The number of para-hydroxylation sites is 2. The van der Waals surface area contributed by atoms with Crippen LogP contribution < -0.4 is 11.1 Å². The second-order valence-electron chi connectivity index (χ2n) is 4.72. The molecular formula is C16H17N3O. The van der Waals surface area contributed by atoms with Gasteiger partial charge in [-0.1, -0.05) is 19.1 Å². The van der Waals surface area contributed by atoms with Gasteiger partial charge in [0.25, 0.3) is 0 Å². The monoisotopic (exact) mass is 267 g/mol. The van der Waals surface area contributed by atoms with E-state index in [4.69, 9.17) is 10.2 Å². The van der Waals surface area contributed by atoms with Crippen LogP contribution in [0, 0.1) is 0 Å². The maximum atomic E-state index is 5.89. The van der Waals surface area contributed by atoms with Gasteiger partial charge in [-0.25, -0.2) is 4.98 Å². The number of oxazole rings is 1. The molecule has 0 atom stereocenters. The summed E-state index contributed by atoms with van der Waals surface area (Å²) in [5.74, 6) is 0.595. The van der Waals surface area contributed by atoms with Crippen molar-refractivity contribution in [2.75, 3.05) is 17.6 Å². The molecular weight excluding hydrogens is 250 g/mol. The second-order valence-corrected chi connectivity index (χ2v) is 4.72. The molecule has 20 heavy (non-hydrogen) atoms. The minimum absolute atomic E-state index is 0.595. The number of anilines is 2. The number of hydrogen-bond acceptors (Lipinski definition) is 4. The molecule has 0 saturated carbocycles. The highest BCUT2D eigenvalue weighted by molar-refractivity contribution is 5.81. The molecule has 2 aromatic carbocycles.